The molecule has 264 valence electrons. The molecule has 2 amide bonds. The van der Waals surface area contributed by atoms with Crippen LogP contribution in [0.5, 0.6) is 5.75 Å². The lowest BCUT2D eigenvalue weighted by Gasteiger charge is -2.39. The monoisotopic (exact) mass is 695 g/mol. The predicted molar refractivity (Wildman–Crippen MR) is 170 cm³/mol. The molecular formula is C32H43ClFN5O9. The zero-order valence-corrected chi connectivity index (χ0v) is 27.3. The molecule has 14 nitrogen and oxygen atoms in total. The van der Waals surface area contributed by atoms with E-state index in [1.165, 1.54) is 11.0 Å². The lowest BCUT2D eigenvalue weighted by Crippen LogP contribution is -2.59. The van der Waals surface area contributed by atoms with Gasteiger partial charge in [-0.2, -0.15) is 0 Å². The molecule has 3 fully saturated rings. The van der Waals surface area contributed by atoms with Gasteiger partial charge in [-0.1, -0.05) is 17.7 Å². The van der Waals surface area contributed by atoms with Crippen molar-refractivity contribution in [2.24, 2.45) is 11.8 Å². The predicted octanol–water partition coefficient (Wildman–Crippen LogP) is 0.278. The van der Waals surface area contributed by atoms with Gasteiger partial charge >= 0.3 is 0 Å². The zero-order chi connectivity index (χ0) is 34.2. The van der Waals surface area contributed by atoms with Gasteiger partial charge in [-0.15, -0.1) is 0 Å². The van der Waals surface area contributed by atoms with E-state index < -0.39 is 49.0 Å². The number of hydrogen-bond donors (Lipinski definition) is 5. The molecule has 4 heterocycles. The summed E-state index contributed by atoms with van der Waals surface area (Å²) in [5.41, 5.74) is 0.252. The van der Waals surface area contributed by atoms with Gasteiger partial charge in [0.15, 0.2) is 6.29 Å². The third-order valence-electron chi connectivity index (χ3n) is 9.03. The van der Waals surface area contributed by atoms with Crippen LogP contribution < -0.4 is 15.0 Å². The summed E-state index contributed by atoms with van der Waals surface area (Å²) in [5, 5.41) is 42.1. The van der Waals surface area contributed by atoms with Crippen LogP contribution in [-0.2, 0) is 25.5 Å². The molecule has 3 saturated heterocycles. The van der Waals surface area contributed by atoms with Crippen molar-refractivity contribution in [3.63, 3.8) is 0 Å². The Labute approximate surface area is 282 Å². The number of rotatable bonds is 14. The average Bonchev–Trinajstić information content (AvgIpc) is 3.06. The van der Waals surface area contributed by atoms with Gasteiger partial charge in [0, 0.05) is 38.8 Å². The molecule has 5 atom stereocenters. The van der Waals surface area contributed by atoms with Gasteiger partial charge < -0.3 is 49.8 Å². The van der Waals surface area contributed by atoms with Crippen molar-refractivity contribution in [3.8, 4) is 5.75 Å². The van der Waals surface area contributed by atoms with Gasteiger partial charge in [-0.05, 0) is 43.2 Å². The third kappa shape index (κ3) is 9.28. The minimum Gasteiger partial charge on any atom is -0.493 e. The minimum absolute atomic E-state index is 0.0653. The summed E-state index contributed by atoms with van der Waals surface area (Å²) in [6.07, 6.45) is 0.0676. The fourth-order valence-electron chi connectivity index (χ4n) is 6.04. The average molecular weight is 696 g/mol. The van der Waals surface area contributed by atoms with Crippen molar-refractivity contribution in [2.75, 3.05) is 57.4 Å². The molecule has 0 aliphatic carbocycles. The van der Waals surface area contributed by atoms with E-state index in [0.717, 1.165) is 38.8 Å². The van der Waals surface area contributed by atoms with Gasteiger partial charge in [0.1, 0.15) is 36.0 Å². The molecule has 1 aromatic carbocycles. The van der Waals surface area contributed by atoms with E-state index in [0.29, 0.717) is 29.2 Å². The van der Waals surface area contributed by atoms with Crippen LogP contribution in [0.1, 0.15) is 31.2 Å². The lowest BCUT2D eigenvalue weighted by molar-refractivity contribution is -0.300. The van der Waals surface area contributed by atoms with Gasteiger partial charge in [0.25, 0.3) is 0 Å². The summed E-state index contributed by atoms with van der Waals surface area (Å²) in [7, 11) is 0. The highest BCUT2D eigenvalue weighted by atomic mass is 35.5. The first-order chi connectivity index (χ1) is 23.1. The Bertz CT molecular complexity index is 1360. The molecule has 0 unspecified atom stereocenters. The Morgan fingerprint density at radius 1 is 1.06 bits per heavy atom. The first-order valence-electron chi connectivity index (χ1n) is 16.2. The Kier molecular flexibility index (Phi) is 12.8. The highest BCUT2D eigenvalue weighted by Crippen LogP contribution is 2.26. The summed E-state index contributed by atoms with van der Waals surface area (Å²) in [6, 6.07) is 4.51. The van der Waals surface area contributed by atoms with Crippen LogP contribution in [0.3, 0.4) is 0 Å². The van der Waals surface area contributed by atoms with Gasteiger partial charge in [0.2, 0.25) is 17.8 Å². The standard InChI is InChI=1S/C32H43ClFN5O9/c33-22-14-36-32(37-15-22)38-8-5-19(6-9-38)2-1-10-46-23-4-3-20(24(34)13-23)12-26(41)39-16-21(17-39)30(45)35-7-11-47-31-29(44)28(43)27(42)25(18-40)48-31/h3-4,13-15,19,21,25,27-29,31,40,42-44H,1-2,5-12,16-18H2,(H,35,45)/t25-,27-,28+,29+,31+/m1/s1. The first kappa shape index (κ1) is 36.1. The summed E-state index contributed by atoms with van der Waals surface area (Å²) >= 11 is 5.88. The Hall–Kier alpha value is -3.18. The molecule has 2 aromatic rings. The molecular weight excluding hydrogens is 653 g/mol. The second-order valence-corrected chi connectivity index (χ2v) is 12.8. The molecule has 0 saturated carbocycles. The van der Waals surface area contributed by atoms with Crippen molar-refractivity contribution in [2.45, 2.75) is 62.8 Å². The molecule has 5 rings (SSSR count). The number of nitrogens with zero attached hydrogens (tertiary/aromatic N) is 4. The molecule has 16 heteroatoms. The van der Waals surface area contributed by atoms with Crippen LogP contribution >= 0.6 is 11.6 Å². The van der Waals surface area contributed by atoms with Crippen LogP contribution in [-0.4, -0.2) is 130 Å². The number of aliphatic hydroxyl groups excluding tert-OH is 4. The van der Waals surface area contributed by atoms with Crippen molar-refractivity contribution in [1.29, 1.82) is 0 Å². The lowest BCUT2D eigenvalue weighted by atomic mass is 9.92. The summed E-state index contributed by atoms with van der Waals surface area (Å²) in [4.78, 5) is 37.4. The molecule has 0 radical (unpaired) electrons. The van der Waals surface area contributed by atoms with Gasteiger partial charge in [-0.25, -0.2) is 14.4 Å². The number of amides is 2. The number of halogens is 2. The fraction of sp³-hybridized carbons (Fsp3) is 0.625. The third-order valence-corrected chi connectivity index (χ3v) is 9.23. The number of anilines is 1. The molecule has 0 bridgehead atoms. The largest absolute Gasteiger partial charge is 0.493 e. The maximum absolute atomic E-state index is 14.8. The Morgan fingerprint density at radius 3 is 2.48 bits per heavy atom. The molecule has 48 heavy (non-hydrogen) atoms. The summed E-state index contributed by atoms with van der Waals surface area (Å²) in [5.74, 6) is 0.166. The van der Waals surface area contributed by atoms with E-state index in [1.54, 1.807) is 24.5 Å². The maximum atomic E-state index is 14.8. The van der Waals surface area contributed by atoms with Crippen LogP contribution in [0.15, 0.2) is 30.6 Å². The van der Waals surface area contributed by atoms with E-state index in [2.05, 4.69) is 20.2 Å². The number of piperidine rings is 1. The van der Waals surface area contributed by atoms with E-state index in [1.807, 2.05) is 0 Å². The van der Waals surface area contributed by atoms with E-state index in [4.69, 9.17) is 25.8 Å². The second-order valence-electron chi connectivity index (χ2n) is 12.4. The normalized spacial score (nSPS) is 25.1. The highest BCUT2D eigenvalue weighted by molar-refractivity contribution is 6.30. The number of aliphatic hydroxyl groups is 4. The summed E-state index contributed by atoms with van der Waals surface area (Å²) < 4.78 is 31.2. The zero-order valence-electron chi connectivity index (χ0n) is 26.5. The van der Waals surface area contributed by atoms with Crippen LogP contribution in [0, 0.1) is 17.7 Å². The molecule has 0 spiro atoms. The number of hydrogen-bond acceptors (Lipinski definition) is 12. The number of carbonyl (C=O) groups is 2. The number of likely N-dealkylation sites (tertiary alicyclic amines) is 1. The minimum atomic E-state index is -1.55. The van der Waals surface area contributed by atoms with Crippen LogP contribution in [0.25, 0.3) is 0 Å². The van der Waals surface area contributed by atoms with E-state index >= 15 is 0 Å². The first-order valence-corrected chi connectivity index (χ1v) is 16.6. The van der Waals surface area contributed by atoms with Crippen LogP contribution in [0.2, 0.25) is 5.02 Å². The number of carbonyl (C=O) groups excluding carboxylic acids is 2. The maximum Gasteiger partial charge on any atom is 0.227 e. The molecule has 3 aliphatic heterocycles. The van der Waals surface area contributed by atoms with Crippen LogP contribution in [0.4, 0.5) is 10.3 Å². The van der Waals surface area contributed by atoms with Crippen molar-refractivity contribution in [3.05, 3.63) is 47.0 Å². The number of aromatic nitrogens is 2. The van der Waals surface area contributed by atoms with Crippen molar-refractivity contribution >= 4 is 29.4 Å². The smallest absolute Gasteiger partial charge is 0.227 e. The highest BCUT2D eigenvalue weighted by Gasteiger charge is 2.44. The Morgan fingerprint density at radius 2 is 1.79 bits per heavy atom. The van der Waals surface area contributed by atoms with Gasteiger partial charge in [0.05, 0.1) is 49.6 Å². The van der Waals surface area contributed by atoms with Gasteiger partial charge in [-0.3, -0.25) is 9.59 Å². The molecule has 1 aromatic heterocycles. The van der Waals surface area contributed by atoms with E-state index in [9.17, 15) is 34.4 Å². The van der Waals surface area contributed by atoms with E-state index in [-0.39, 0.29) is 50.0 Å². The number of benzene rings is 1. The fourth-order valence-corrected chi connectivity index (χ4v) is 6.13. The molecule has 5 N–H and O–H groups in total. The van der Waals surface area contributed by atoms with Crippen molar-refractivity contribution in [1.82, 2.24) is 20.2 Å². The Balaban J connectivity index is 0.937. The second kappa shape index (κ2) is 17.0. The number of nitrogens with one attached hydrogen (secondary N) is 1. The SMILES string of the molecule is O=C(NCCO[C@H]1O[C@H](CO)[C@@H](O)[C@H](O)[C@@H]1O)C1CN(C(=O)Cc2ccc(OCCCC3CCN(c4ncc(Cl)cn4)CC3)cc2F)C1. The topological polar surface area (TPSA) is 187 Å². The quantitative estimate of drug-likeness (QED) is 0.170. The summed E-state index contributed by atoms with van der Waals surface area (Å²) in [6.45, 7) is 2.07. The van der Waals surface area contributed by atoms with Crippen molar-refractivity contribution < 1.29 is 48.6 Å². The molecule has 3 aliphatic rings. The number of ether oxygens (including phenoxy) is 3.